The van der Waals surface area contributed by atoms with Crippen LogP contribution >= 0.6 is 0 Å². The molecule has 0 aromatic carbocycles. The summed E-state index contributed by atoms with van der Waals surface area (Å²) in [5.41, 5.74) is 1.19. The summed E-state index contributed by atoms with van der Waals surface area (Å²) in [7, 11) is 0. The molecule has 2 aromatic rings. The van der Waals surface area contributed by atoms with E-state index in [-0.39, 0.29) is 12.1 Å². The van der Waals surface area contributed by atoms with Gasteiger partial charge < -0.3 is 10.1 Å². The van der Waals surface area contributed by atoms with Crippen LogP contribution in [0.5, 0.6) is 0 Å². The van der Waals surface area contributed by atoms with E-state index in [1.165, 1.54) is 18.5 Å². The van der Waals surface area contributed by atoms with Gasteiger partial charge in [-0.1, -0.05) is 0 Å². The first-order valence-corrected chi connectivity index (χ1v) is 8.04. The molecule has 3 heterocycles. The van der Waals surface area contributed by atoms with Crippen LogP contribution in [0.15, 0.2) is 12.3 Å². The first-order chi connectivity index (χ1) is 10.8. The summed E-state index contributed by atoms with van der Waals surface area (Å²) >= 11 is 0. The molecule has 7 heteroatoms. The molecular weight excluding hydrogens is 280 g/mol. The molecule has 2 aliphatic rings. The van der Waals surface area contributed by atoms with Gasteiger partial charge in [0.15, 0.2) is 5.82 Å². The quantitative estimate of drug-likeness (QED) is 0.841. The van der Waals surface area contributed by atoms with E-state index >= 15 is 0 Å². The van der Waals surface area contributed by atoms with Gasteiger partial charge in [-0.2, -0.15) is 10.2 Å². The van der Waals surface area contributed by atoms with Crippen molar-refractivity contribution in [3.8, 4) is 0 Å². The average Bonchev–Trinajstić information content (AvgIpc) is 2.91. The average molecular weight is 302 g/mol. The second kappa shape index (κ2) is 5.81. The molecule has 0 bridgehead atoms. The molecule has 0 spiro atoms. The van der Waals surface area contributed by atoms with Crippen molar-refractivity contribution in [2.45, 2.75) is 51.4 Å². The third kappa shape index (κ3) is 2.91. The fourth-order valence-corrected chi connectivity index (χ4v) is 3.06. The Kier molecular flexibility index (Phi) is 3.67. The van der Waals surface area contributed by atoms with Gasteiger partial charge in [0.05, 0.1) is 12.2 Å². The highest BCUT2D eigenvalue weighted by Gasteiger charge is 2.33. The van der Waals surface area contributed by atoms with E-state index in [0.29, 0.717) is 6.54 Å². The summed E-state index contributed by atoms with van der Waals surface area (Å²) < 4.78 is 8.10. The van der Waals surface area contributed by atoms with E-state index in [1.54, 1.807) is 0 Å². The van der Waals surface area contributed by atoms with Gasteiger partial charge in [-0.3, -0.25) is 9.78 Å². The van der Waals surface area contributed by atoms with Crippen molar-refractivity contribution in [3.05, 3.63) is 29.6 Å². The van der Waals surface area contributed by atoms with Crippen molar-refractivity contribution in [2.75, 3.05) is 6.61 Å². The zero-order chi connectivity index (χ0) is 14.9. The van der Waals surface area contributed by atoms with Gasteiger partial charge in [0.25, 0.3) is 0 Å². The van der Waals surface area contributed by atoms with Crippen molar-refractivity contribution in [1.82, 2.24) is 30.3 Å². The maximum absolute atomic E-state index is 5.97. The van der Waals surface area contributed by atoms with Gasteiger partial charge in [-0.25, -0.2) is 4.98 Å². The Labute approximate surface area is 129 Å². The standard InChI is InChI=1S/C15H22N6O/c1-10-18-14(20-19-10)8-16-12-5-7-22-15(12)13-4-6-17-21(13)9-11-2-3-11/h4,6,11-12,15-16H,2-3,5,7-9H2,1H3,(H,18,19,20)/t12-,15-/m0/s1. The highest BCUT2D eigenvalue weighted by atomic mass is 16.5. The lowest BCUT2D eigenvalue weighted by atomic mass is 10.1. The molecule has 22 heavy (non-hydrogen) atoms. The number of ether oxygens (including phenoxy) is 1. The Hall–Kier alpha value is -1.73. The molecule has 7 nitrogen and oxygen atoms in total. The van der Waals surface area contributed by atoms with Gasteiger partial charge in [-0.05, 0) is 38.2 Å². The van der Waals surface area contributed by atoms with E-state index in [1.807, 2.05) is 13.1 Å². The van der Waals surface area contributed by atoms with E-state index in [0.717, 1.165) is 37.1 Å². The van der Waals surface area contributed by atoms with Crippen molar-refractivity contribution < 1.29 is 4.74 Å². The van der Waals surface area contributed by atoms with Crippen molar-refractivity contribution in [3.63, 3.8) is 0 Å². The molecular formula is C15H22N6O. The number of rotatable bonds is 6. The molecule has 118 valence electrons. The van der Waals surface area contributed by atoms with Crippen LogP contribution in [0.4, 0.5) is 0 Å². The number of hydrogen-bond donors (Lipinski definition) is 2. The smallest absolute Gasteiger partial charge is 0.164 e. The number of aromatic amines is 1. The first kappa shape index (κ1) is 13.9. The van der Waals surface area contributed by atoms with Crippen LogP contribution < -0.4 is 5.32 Å². The minimum absolute atomic E-state index is 0.0706. The number of H-pyrrole nitrogens is 1. The minimum Gasteiger partial charge on any atom is -0.370 e. The molecule has 1 saturated carbocycles. The summed E-state index contributed by atoms with van der Waals surface area (Å²) in [6.45, 7) is 4.37. The van der Waals surface area contributed by atoms with Crippen molar-refractivity contribution in [1.29, 1.82) is 0 Å². The van der Waals surface area contributed by atoms with Gasteiger partial charge in [0.1, 0.15) is 11.9 Å². The number of nitrogens with zero attached hydrogens (tertiary/aromatic N) is 4. The van der Waals surface area contributed by atoms with Crippen LogP contribution in [-0.4, -0.2) is 37.6 Å². The summed E-state index contributed by atoms with van der Waals surface area (Å²) in [6, 6.07) is 2.37. The summed E-state index contributed by atoms with van der Waals surface area (Å²) in [4.78, 5) is 4.34. The predicted molar refractivity (Wildman–Crippen MR) is 80.0 cm³/mol. The van der Waals surface area contributed by atoms with Crippen LogP contribution in [0.3, 0.4) is 0 Å². The molecule has 4 rings (SSSR count). The molecule has 1 aliphatic carbocycles. The van der Waals surface area contributed by atoms with Crippen LogP contribution in [0.25, 0.3) is 0 Å². The van der Waals surface area contributed by atoms with E-state index in [4.69, 9.17) is 4.74 Å². The van der Waals surface area contributed by atoms with Crippen LogP contribution in [0.1, 0.15) is 42.7 Å². The normalized spacial score (nSPS) is 25.0. The SMILES string of the molecule is Cc1nc(CN[C@H]2CCO[C@@H]2c2ccnn2CC2CC2)n[nH]1. The molecule has 2 fully saturated rings. The summed E-state index contributed by atoms with van der Waals surface area (Å²) in [5, 5.41) is 15.1. The molecule has 1 saturated heterocycles. The topological polar surface area (TPSA) is 80.7 Å². The zero-order valence-electron chi connectivity index (χ0n) is 12.8. The highest BCUT2D eigenvalue weighted by molar-refractivity contribution is 5.10. The monoisotopic (exact) mass is 302 g/mol. The Bertz CT molecular complexity index is 632. The van der Waals surface area contributed by atoms with Gasteiger partial charge in [-0.15, -0.1) is 0 Å². The fraction of sp³-hybridized carbons (Fsp3) is 0.667. The van der Waals surface area contributed by atoms with Crippen LogP contribution in [0, 0.1) is 12.8 Å². The lowest BCUT2D eigenvalue weighted by Crippen LogP contribution is -2.32. The lowest BCUT2D eigenvalue weighted by Gasteiger charge is -2.20. The Balaban J connectivity index is 1.43. The molecule has 0 radical (unpaired) electrons. The second-order valence-electron chi connectivity index (χ2n) is 6.29. The number of aromatic nitrogens is 5. The number of nitrogens with one attached hydrogen (secondary N) is 2. The number of aryl methyl sites for hydroxylation is 1. The van der Waals surface area contributed by atoms with Gasteiger partial charge in [0.2, 0.25) is 0 Å². The van der Waals surface area contributed by atoms with E-state index in [9.17, 15) is 0 Å². The Morgan fingerprint density at radius 1 is 1.41 bits per heavy atom. The van der Waals surface area contributed by atoms with Gasteiger partial charge >= 0.3 is 0 Å². The third-order valence-corrected chi connectivity index (χ3v) is 4.43. The molecule has 0 amide bonds. The molecule has 2 aromatic heterocycles. The third-order valence-electron chi connectivity index (χ3n) is 4.43. The zero-order valence-corrected chi connectivity index (χ0v) is 12.8. The molecule has 2 N–H and O–H groups in total. The largest absolute Gasteiger partial charge is 0.370 e. The van der Waals surface area contributed by atoms with E-state index in [2.05, 4.69) is 36.3 Å². The molecule has 2 atom stereocenters. The minimum atomic E-state index is 0.0706. The predicted octanol–water partition coefficient (Wildman–Crippen LogP) is 1.34. The van der Waals surface area contributed by atoms with Crippen LogP contribution in [-0.2, 0) is 17.8 Å². The lowest BCUT2D eigenvalue weighted by molar-refractivity contribution is 0.0905. The maximum Gasteiger partial charge on any atom is 0.164 e. The van der Waals surface area contributed by atoms with Crippen LogP contribution in [0.2, 0.25) is 0 Å². The molecule has 1 aliphatic heterocycles. The second-order valence-corrected chi connectivity index (χ2v) is 6.29. The fourth-order valence-electron chi connectivity index (χ4n) is 3.06. The van der Waals surface area contributed by atoms with E-state index < -0.39 is 0 Å². The summed E-state index contributed by atoms with van der Waals surface area (Å²) in [6.07, 6.45) is 5.62. The first-order valence-electron chi connectivity index (χ1n) is 8.04. The maximum atomic E-state index is 5.97. The molecule has 0 unspecified atom stereocenters. The van der Waals surface area contributed by atoms with Gasteiger partial charge in [0, 0.05) is 25.4 Å². The summed E-state index contributed by atoms with van der Waals surface area (Å²) in [5.74, 6) is 2.45. The van der Waals surface area contributed by atoms with Crippen molar-refractivity contribution >= 4 is 0 Å². The highest BCUT2D eigenvalue weighted by Crippen LogP contribution is 2.34. The number of hydrogen-bond acceptors (Lipinski definition) is 5. The van der Waals surface area contributed by atoms with Crippen molar-refractivity contribution in [2.24, 2.45) is 5.92 Å². The Morgan fingerprint density at radius 3 is 3.09 bits per heavy atom. The Morgan fingerprint density at radius 2 is 2.32 bits per heavy atom.